The highest BCUT2D eigenvalue weighted by atomic mass is 31.2. The van der Waals surface area contributed by atoms with Crippen molar-refractivity contribution < 1.29 is 51.5 Å². The van der Waals surface area contributed by atoms with E-state index in [-0.39, 0.29) is 76.9 Å². The fourth-order valence-electron chi connectivity index (χ4n) is 9.25. The second-order valence-electron chi connectivity index (χ2n) is 15.7. The molecule has 302 valence electrons. The first-order chi connectivity index (χ1) is 26.0. The fraction of sp³-hybridized carbons (Fsp3) is 0.800. The fourth-order valence-corrected chi connectivity index (χ4v) is 12.1. The van der Waals surface area contributed by atoms with Crippen molar-refractivity contribution in [2.45, 2.75) is 145 Å². The number of piperidine rings is 1. The van der Waals surface area contributed by atoms with Gasteiger partial charge in [0.05, 0.1) is 88.6 Å². The molecule has 5 atom stereocenters. The van der Waals surface area contributed by atoms with Gasteiger partial charge < -0.3 is 15.7 Å². The van der Waals surface area contributed by atoms with Gasteiger partial charge in [-0.3, -0.25) is 31.9 Å². The molecule has 5 rings (SSSR count). The van der Waals surface area contributed by atoms with Gasteiger partial charge in [0.25, 0.3) is 0 Å². The smallest absolute Gasteiger partial charge is 0.349 e. The average molecular weight is 809 g/mol. The van der Waals surface area contributed by atoms with Crippen molar-refractivity contribution in [1.82, 2.24) is 15.4 Å². The van der Waals surface area contributed by atoms with Crippen LogP contribution in [0.3, 0.4) is 0 Å². The summed E-state index contributed by atoms with van der Waals surface area (Å²) >= 11 is 0. The van der Waals surface area contributed by atoms with Crippen molar-refractivity contribution >= 4 is 21.6 Å². The van der Waals surface area contributed by atoms with Crippen LogP contribution in [0.4, 0.5) is 0 Å². The number of rotatable bonds is 16. The molecule has 5 unspecified atom stereocenters. The van der Waals surface area contributed by atoms with Crippen LogP contribution < -0.4 is 5.32 Å². The van der Waals surface area contributed by atoms with Crippen LogP contribution in [0.5, 0.6) is 0 Å². The lowest BCUT2D eigenvalue weighted by molar-refractivity contribution is -0.298. The molecular weight excluding hydrogens is 756 g/mol. The van der Waals surface area contributed by atoms with E-state index in [1.807, 2.05) is 31.2 Å². The number of nitrogens with one attached hydrogen (secondary N) is 1. The van der Waals surface area contributed by atoms with E-state index in [4.69, 9.17) is 48.2 Å². The number of hydrogen-bond donors (Lipinski definition) is 2. The lowest BCUT2D eigenvalue weighted by Crippen LogP contribution is -2.71. The Hall–Kier alpha value is -2.77. The molecule has 18 nitrogen and oxygen atoms in total. The van der Waals surface area contributed by atoms with Gasteiger partial charge in [-0.25, -0.2) is 9.13 Å². The Bertz CT molecular complexity index is 1680. The third-order valence-electron chi connectivity index (χ3n) is 11.8. The lowest BCUT2D eigenvalue weighted by Gasteiger charge is -2.62. The summed E-state index contributed by atoms with van der Waals surface area (Å²) in [6.07, 6.45) is 3.37. The van der Waals surface area contributed by atoms with Crippen molar-refractivity contribution in [3.8, 4) is 24.3 Å². The topological polar surface area (TPSA) is 263 Å². The minimum Gasteiger partial charge on any atom is -0.349 e. The molecule has 2 aliphatic carbocycles. The zero-order valence-corrected chi connectivity index (χ0v) is 33.4. The molecule has 5 bridgehead atoms. The normalized spacial score (nSPS) is 33.4. The minimum absolute atomic E-state index is 0.0324. The quantitative estimate of drug-likeness (QED) is 0.119. The highest BCUT2D eigenvalue weighted by molar-refractivity contribution is 7.48. The van der Waals surface area contributed by atoms with Crippen LogP contribution in [0.1, 0.15) is 104 Å². The summed E-state index contributed by atoms with van der Waals surface area (Å²) in [5.41, 5.74) is -3.53. The molecule has 1 amide bonds. The van der Waals surface area contributed by atoms with Gasteiger partial charge in [-0.2, -0.15) is 26.1 Å². The van der Waals surface area contributed by atoms with Crippen LogP contribution in [-0.4, -0.2) is 93.3 Å². The number of phosphoric acid groups is 2. The largest absolute Gasteiger partial charge is 0.475 e. The molecule has 5 aliphatic rings. The van der Waals surface area contributed by atoms with E-state index in [2.05, 4.69) is 5.32 Å². The van der Waals surface area contributed by atoms with Crippen LogP contribution in [-0.2, 0) is 41.1 Å². The van der Waals surface area contributed by atoms with Crippen molar-refractivity contribution in [3.63, 3.8) is 0 Å². The Kier molecular flexibility index (Phi) is 13.7. The summed E-state index contributed by atoms with van der Waals surface area (Å²) in [6.45, 7) is 4.62. The van der Waals surface area contributed by atoms with E-state index >= 15 is 0 Å². The van der Waals surface area contributed by atoms with E-state index in [0.29, 0.717) is 50.5 Å². The van der Waals surface area contributed by atoms with Gasteiger partial charge >= 0.3 is 15.6 Å². The predicted octanol–water partition coefficient (Wildman–Crippen LogP) is 4.95. The van der Waals surface area contributed by atoms with Crippen molar-refractivity contribution in [2.75, 3.05) is 26.4 Å². The Balaban J connectivity index is 1.46. The van der Waals surface area contributed by atoms with Gasteiger partial charge in [-0.05, 0) is 84.6 Å². The van der Waals surface area contributed by atoms with Gasteiger partial charge in [0, 0.05) is 28.6 Å². The molecule has 1 saturated heterocycles. The van der Waals surface area contributed by atoms with Crippen LogP contribution in [0.2, 0.25) is 0 Å². The monoisotopic (exact) mass is 808 g/mol. The lowest BCUT2D eigenvalue weighted by atomic mass is 9.60. The van der Waals surface area contributed by atoms with Gasteiger partial charge in [0.15, 0.2) is 0 Å². The summed E-state index contributed by atoms with van der Waals surface area (Å²) in [5.74, 6) is -0.946. The maximum atomic E-state index is 14.1. The van der Waals surface area contributed by atoms with Crippen molar-refractivity contribution in [1.29, 1.82) is 21.0 Å². The predicted molar refractivity (Wildman–Crippen MR) is 192 cm³/mol. The van der Waals surface area contributed by atoms with E-state index in [9.17, 15) is 24.3 Å². The van der Waals surface area contributed by atoms with Crippen LogP contribution in [0.25, 0.3) is 0 Å². The molecule has 0 radical (unpaired) electrons. The van der Waals surface area contributed by atoms with Crippen LogP contribution in [0.15, 0.2) is 11.6 Å². The van der Waals surface area contributed by atoms with E-state index < -0.39 is 55.9 Å². The second-order valence-corrected chi connectivity index (χ2v) is 18.9. The summed E-state index contributed by atoms with van der Waals surface area (Å²) < 4.78 is 61.6. The van der Waals surface area contributed by atoms with E-state index in [1.165, 1.54) is 10.1 Å². The summed E-state index contributed by atoms with van der Waals surface area (Å²) in [6, 6.07) is 7.35. The molecule has 2 spiro atoms. The molecular formula is C35H52N7O11P2+. The summed E-state index contributed by atoms with van der Waals surface area (Å²) in [7, 11) is -8.43. The maximum Gasteiger partial charge on any atom is 0.475 e. The molecule has 3 fully saturated rings. The Morgan fingerprint density at radius 2 is 1.27 bits per heavy atom. The number of phosphoric ester groups is 2. The SMILES string of the molecule is CC1(C)C2=CC(C)(C3CC4(CCC3OP(=O)(OCCC#N)OCCC#N)CC(CC3(CCC(OP(=O)(OCCC#N)OCCC#N)CC3)N4O)NC2=O)N1[OH2+]. The van der Waals surface area contributed by atoms with Gasteiger partial charge in [-0.1, -0.05) is 5.06 Å². The number of hydroxylamine groups is 4. The van der Waals surface area contributed by atoms with E-state index in [1.54, 1.807) is 19.9 Å². The zero-order chi connectivity index (χ0) is 40.1. The number of nitriles is 4. The maximum absolute atomic E-state index is 14.1. The number of amides is 1. The Labute approximate surface area is 322 Å². The molecule has 4 N–H and O–H groups in total. The number of nitrogens with zero attached hydrogens (tertiary/aromatic N) is 6. The van der Waals surface area contributed by atoms with Gasteiger partial charge in [0.2, 0.25) is 5.91 Å². The van der Waals surface area contributed by atoms with Crippen LogP contribution in [0, 0.1) is 51.2 Å². The first kappa shape index (κ1) is 43.4. The second kappa shape index (κ2) is 17.4. The molecule has 0 aromatic rings. The number of fused-ring (bicyclic) bond motifs is 4. The van der Waals surface area contributed by atoms with E-state index in [0.717, 1.165) is 0 Å². The molecule has 55 heavy (non-hydrogen) atoms. The first-order valence-electron chi connectivity index (χ1n) is 18.7. The van der Waals surface area contributed by atoms with Gasteiger partial charge in [0.1, 0.15) is 11.1 Å². The average Bonchev–Trinajstić information content (AvgIpc) is 3.33. The van der Waals surface area contributed by atoms with Gasteiger partial charge in [-0.15, -0.1) is 0 Å². The van der Waals surface area contributed by atoms with Crippen molar-refractivity contribution in [2.24, 2.45) is 5.92 Å². The molecule has 3 heterocycles. The highest BCUT2D eigenvalue weighted by Gasteiger charge is 2.66. The third kappa shape index (κ3) is 9.03. The molecule has 2 saturated carbocycles. The minimum atomic E-state index is -4.32. The standard InChI is InChI=1S/C35H51N7O11P2/c1-32(2)29-24-33(3,41(32)44)28-25-35(13-10-30(28)53-55(47,50-20-6-16-38)51-21-7-17-39)23-26(40-31(29)43)22-34(42(35)45)11-8-27(9-12-34)52-54(46,48-18-4-14-36)49-19-5-15-37/h24,26-28,30,44-45H,4-13,18-23,25H2,1-3H3,(H,40,43)/p+1. The number of carbonyl (C=O) groups is 1. The molecule has 3 aliphatic heterocycles. The molecule has 0 aromatic heterocycles. The summed E-state index contributed by atoms with van der Waals surface area (Å²) in [4.78, 5) is 14.1. The third-order valence-corrected chi connectivity index (χ3v) is 14.9. The Morgan fingerprint density at radius 1 is 0.800 bits per heavy atom. The van der Waals surface area contributed by atoms with Crippen molar-refractivity contribution in [3.05, 3.63) is 11.6 Å². The number of hydrogen-bond acceptors (Lipinski definition) is 16. The first-order valence-corrected chi connectivity index (χ1v) is 21.6. The molecule has 20 heteroatoms. The Morgan fingerprint density at radius 3 is 1.78 bits per heavy atom. The molecule has 0 aromatic carbocycles. The van der Waals surface area contributed by atoms with Crippen LogP contribution >= 0.6 is 15.6 Å². The zero-order valence-electron chi connectivity index (χ0n) is 31.6. The highest BCUT2D eigenvalue weighted by Crippen LogP contribution is 2.61. The number of carbonyl (C=O) groups excluding carboxylic acids is 1. The summed E-state index contributed by atoms with van der Waals surface area (Å²) in [5, 5.41) is 64.1.